The van der Waals surface area contributed by atoms with Crippen molar-refractivity contribution in [3.63, 3.8) is 0 Å². The van der Waals surface area contributed by atoms with Crippen molar-refractivity contribution in [1.29, 1.82) is 0 Å². The number of hydrogen-bond donors (Lipinski definition) is 1. The quantitative estimate of drug-likeness (QED) is 0.595. The second-order valence-corrected chi connectivity index (χ2v) is 5.46. The Bertz CT molecular complexity index is 862. The van der Waals surface area contributed by atoms with Gasteiger partial charge in [0.2, 0.25) is 0 Å². The standard InChI is InChI=1S/C18H18N4O/c1-13-7-9-15(10-8-13)11-19-20-18(23)12-22-17-6-4-3-5-16(17)14(2)21-22/h3-11H,12H2,1-2H3,(H,20,23)/b19-11-. The molecule has 0 spiro atoms. The second-order valence-electron chi connectivity index (χ2n) is 5.46. The molecule has 0 saturated heterocycles. The van der Waals surface area contributed by atoms with Gasteiger partial charge in [-0.1, -0.05) is 48.0 Å². The molecule has 116 valence electrons. The van der Waals surface area contributed by atoms with Gasteiger partial charge in [-0.05, 0) is 25.5 Å². The van der Waals surface area contributed by atoms with Crippen molar-refractivity contribution in [3.05, 3.63) is 65.4 Å². The van der Waals surface area contributed by atoms with Gasteiger partial charge >= 0.3 is 0 Å². The first kappa shape index (κ1) is 15.0. The lowest BCUT2D eigenvalue weighted by atomic mass is 10.2. The van der Waals surface area contributed by atoms with E-state index in [0.29, 0.717) is 0 Å². The topological polar surface area (TPSA) is 59.3 Å². The Morgan fingerprint density at radius 1 is 1.17 bits per heavy atom. The number of hydrogen-bond acceptors (Lipinski definition) is 3. The lowest BCUT2D eigenvalue weighted by molar-refractivity contribution is -0.121. The van der Waals surface area contributed by atoms with E-state index in [1.165, 1.54) is 5.56 Å². The van der Waals surface area contributed by atoms with Crippen LogP contribution in [0.5, 0.6) is 0 Å². The van der Waals surface area contributed by atoms with Gasteiger partial charge in [0.15, 0.2) is 0 Å². The van der Waals surface area contributed by atoms with Crippen LogP contribution >= 0.6 is 0 Å². The average molecular weight is 306 g/mol. The minimum Gasteiger partial charge on any atom is -0.271 e. The van der Waals surface area contributed by atoms with Crippen LogP contribution in [-0.2, 0) is 11.3 Å². The normalized spacial score (nSPS) is 11.2. The molecule has 3 rings (SSSR count). The summed E-state index contributed by atoms with van der Waals surface area (Å²) in [5.74, 6) is -0.207. The highest BCUT2D eigenvalue weighted by Gasteiger charge is 2.09. The summed E-state index contributed by atoms with van der Waals surface area (Å²) < 4.78 is 1.70. The minimum absolute atomic E-state index is 0.138. The maximum Gasteiger partial charge on any atom is 0.261 e. The van der Waals surface area contributed by atoms with Crippen LogP contribution in [0.1, 0.15) is 16.8 Å². The first-order valence-electron chi connectivity index (χ1n) is 7.44. The van der Waals surface area contributed by atoms with E-state index >= 15 is 0 Å². The third kappa shape index (κ3) is 3.45. The number of amides is 1. The molecule has 0 saturated carbocycles. The van der Waals surface area contributed by atoms with E-state index in [9.17, 15) is 4.79 Å². The molecular formula is C18H18N4O. The van der Waals surface area contributed by atoms with Crippen LogP contribution in [0.3, 0.4) is 0 Å². The zero-order chi connectivity index (χ0) is 16.2. The molecular weight excluding hydrogens is 288 g/mol. The molecule has 0 fully saturated rings. The van der Waals surface area contributed by atoms with Crippen LogP contribution in [0.25, 0.3) is 10.9 Å². The number of aryl methyl sites for hydroxylation is 2. The first-order valence-corrected chi connectivity index (χ1v) is 7.44. The first-order chi connectivity index (χ1) is 11.1. The van der Waals surface area contributed by atoms with Crippen molar-refractivity contribution in [3.8, 4) is 0 Å². The minimum atomic E-state index is -0.207. The maximum atomic E-state index is 12.0. The SMILES string of the molecule is Cc1ccc(/C=N\NC(=O)Cn2nc(C)c3ccccc32)cc1. The Morgan fingerprint density at radius 2 is 1.91 bits per heavy atom. The van der Waals surface area contributed by atoms with Crippen molar-refractivity contribution in [2.45, 2.75) is 20.4 Å². The van der Waals surface area contributed by atoms with E-state index in [4.69, 9.17) is 0 Å². The lowest BCUT2D eigenvalue weighted by Crippen LogP contribution is -2.23. The van der Waals surface area contributed by atoms with Gasteiger partial charge in [-0.15, -0.1) is 0 Å². The Hall–Kier alpha value is -2.95. The van der Waals surface area contributed by atoms with Crippen LogP contribution < -0.4 is 5.43 Å². The number of nitrogens with zero attached hydrogens (tertiary/aromatic N) is 3. The van der Waals surface area contributed by atoms with E-state index in [1.54, 1.807) is 10.9 Å². The summed E-state index contributed by atoms with van der Waals surface area (Å²) >= 11 is 0. The van der Waals surface area contributed by atoms with E-state index in [1.807, 2.05) is 62.4 Å². The number of aromatic nitrogens is 2. The van der Waals surface area contributed by atoms with Crippen molar-refractivity contribution in [2.75, 3.05) is 0 Å². The van der Waals surface area contributed by atoms with Gasteiger partial charge in [-0.25, -0.2) is 5.43 Å². The Balaban J connectivity index is 1.66. The van der Waals surface area contributed by atoms with Gasteiger partial charge in [0.25, 0.3) is 5.91 Å². The van der Waals surface area contributed by atoms with Gasteiger partial charge in [0.1, 0.15) is 6.54 Å². The fourth-order valence-electron chi connectivity index (χ4n) is 2.42. The second kappa shape index (κ2) is 6.44. The Labute approximate surface area is 134 Å². The molecule has 1 N–H and O–H groups in total. The number of para-hydroxylation sites is 1. The Morgan fingerprint density at radius 3 is 2.70 bits per heavy atom. The zero-order valence-electron chi connectivity index (χ0n) is 13.2. The molecule has 0 aliphatic carbocycles. The molecule has 5 nitrogen and oxygen atoms in total. The van der Waals surface area contributed by atoms with Crippen LogP contribution in [0.15, 0.2) is 53.6 Å². The van der Waals surface area contributed by atoms with Crippen molar-refractivity contribution in [1.82, 2.24) is 15.2 Å². The monoisotopic (exact) mass is 306 g/mol. The maximum absolute atomic E-state index is 12.0. The highest BCUT2D eigenvalue weighted by atomic mass is 16.2. The number of hydrazone groups is 1. The molecule has 1 heterocycles. The van der Waals surface area contributed by atoms with Gasteiger partial charge in [0, 0.05) is 5.39 Å². The summed E-state index contributed by atoms with van der Waals surface area (Å²) in [6, 6.07) is 15.8. The lowest BCUT2D eigenvalue weighted by Gasteiger charge is -2.02. The van der Waals surface area contributed by atoms with Crippen LogP contribution in [0.2, 0.25) is 0 Å². The molecule has 5 heteroatoms. The Kier molecular flexibility index (Phi) is 4.19. The van der Waals surface area contributed by atoms with Crippen molar-refractivity contribution < 1.29 is 4.79 Å². The number of benzene rings is 2. The van der Waals surface area contributed by atoms with E-state index < -0.39 is 0 Å². The number of carbonyl (C=O) groups is 1. The molecule has 3 aromatic rings. The van der Waals surface area contributed by atoms with Crippen LogP contribution in [0, 0.1) is 13.8 Å². The molecule has 0 aliphatic rings. The molecule has 0 atom stereocenters. The average Bonchev–Trinajstić information content (AvgIpc) is 2.86. The number of carbonyl (C=O) groups excluding carboxylic acids is 1. The molecule has 1 aromatic heterocycles. The summed E-state index contributed by atoms with van der Waals surface area (Å²) in [6.45, 7) is 4.10. The molecule has 2 aromatic carbocycles. The van der Waals surface area contributed by atoms with E-state index in [-0.39, 0.29) is 12.5 Å². The molecule has 0 bridgehead atoms. The molecule has 1 amide bonds. The highest BCUT2D eigenvalue weighted by molar-refractivity contribution is 5.85. The summed E-state index contributed by atoms with van der Waals surface area (Å²) in [5, 5.41) is 9.46. The van der Waals surface area contributed by atoms with Crippen LogP contribution in [-0.4, -0.2) is 21.9 Å². The van der Waals surface area contributed by atoms with E-state index in [2.05, 4.69) is 15.6 Å². The van der Waals surface area contributed by atoms with Crippen LogP contribution in [0.4, 0.5) is 0 Å². The van der Waals surface area contributed by atoms with Gasteiger partial charge in [0.05, 0.1) is 17.4 Å². The molecule has 23 heavy (non-hydrogen) atoms. The summed E-state index contributed by atoms with van der Waals surface area (Å²) in [5.41, 5.74) is 6.53. The van der Waals surface area contributed by atoms with Gasteiger partial charge in [-0.3, -0.25) is 9.48 Å². The largest absolute Gasteiger partial charge is 0.271 e. The molecule has 0 radical (unpaired) electrons. The number of nitrogens with one attached hydrogen (secondary N) is 1. The zero-order valence-corrected chi connectivity index (χ0v) is 13.2. The van der Waals surface area contributed by atoms with Crippen molar-refractivity contribution in [2.24, 2.45) is 5.10 Å². The van der Waals surface area contributed by atoms with E-state index in [0.717, 1.165) is 22.2 Å². The van der Waals surface area contributed by atoms with Gasteiger partial charge < -0.3 is 0 Å². The number of fused-ring (bicyclic) bond motifs is 1. The highest BCUT2D eigenvalue weighted by Crippen LogP contribution is 2.17. The smallest absolute Gasteiger partial charge is 0.261 e. The fourth-order valence-corrected chi connectivity index (χ4v) is 2.42. The number of rotatable bonds is 4. The predicted molar refractivity (Wildman–Crippen MR) is 91.4 cm³/mol. The third-order valence-electron chi connectivity index (χ3n) is 3.62. The molecule has 0 aliphatic heterocycles. The molecule has 0 unspecified atom stereocenters. The third-order valence-corrected chi connectivity index (χ3v) is 3.62. The summed E-state index contributed by atoms with van der Waals surface area (Å²) in [7, 11) is 0. The van der Waals surface area contributed by atoms with Crippen molar-refractivity contribution >= 4 is 23.0 Å². The fraction of sp³-hybridized carbons (Fsp3) is 0.167. The predicted octanol–water partition coefficient (Wildman–Crippen LogP) is 2.80. The summed E-state index contributed by atoms with van der Waals surface area (Å²) in [4.78, 5) is 12.0. The summed E-state index contributed by atoms with van der Waals surface area (Å²) in [6.07, 6.45) is 1.63. The van der Waals surface area contributed by atoms with Gasteiger partial charge in [-0.2, -0.15) is 10.2 Å².